The summed E-state index contributed by atoms with van der Waals surface area (Å²) in [5.74, 6) is 1.69. The number of fused-ring (bicyclic) bond motifs is 1. The third-order valence-corrected chi connectivity index (χ3v) is 3.85. The lowest BCUT2D eigenvalue weighted by Crippen LogP contribution is -2.39. The third kappa shape index (κ3) is 3.00. The molecule has 0 unspecified atom stereocenters. The van der Waals surface area contributed by atoms with Gasteiger partial charge in [0, 0.05) is 18.8 Å². The van der Waals surface area contributed by atoms with Gasteiger partial charge >= 0.3 is 0 Å². The molecule has 1 N–H and O–H groups in total. The van der Waals surface area contributed by atoms with Crippen LogP contribution < -0.4 is 14.8 Å². The summed E-state index contributed by atoms with van der Waals surface area (Å²) in [5, 5.41) is 3.53. The summed E-state index contributed by atoms with van der Waals surface area (Å²) < 4.78 is 11.2. The van der Waals surface area contributed by atoms with Crippen LogP contribution in [0.2, 0.25) is 0 Å². The Kier molecular flexibility index (Phi) is 4.06. The SMILES string of the molecule is COc1cccc2c1OC[C@@H](NCc1ncccc1C)C2. The van der Waals surface area contributed by atoms with Crippen molar-refractivity contribution < 1.29 is 9.47 Å². The minimum atomic E-state index is 0.297. The maximum atomic E-state index is 5.87. The smallest absolute Gasteiger partial charge is 0.164 e. The number of nitrogens with one attached hydrogen (secondary N) is 1. The molecular weight excluding hydrogens is 264 g/mol. The minimum absolute atomic E-state index is 0.297. The van der Waals surface area contributed by atoms with Crippen molar-refractivity contribution in [3.63, 3.8) is 0 Å². The standard InChI is InChI=1S/C17H20N2O2/c1-12-5-4-8-18-15(12)10-19-14-9-13-6-3-7-16(20-2)17(13)21-11-14/h3-8,14,19H,9-11H2,1-2H3/t14-/m0/s1. The zero-order chi connectivity index (χ0) is 14.7. The molecule has 1 aromatic heterocycles. The van der Waals surface area contributed by atoms with Crippen LogP contribution in [0.5, 0.6) is 11.5 Å². The number of hydrogen-bond acceptors (Lipinski definition) is 4. The molecular formula is C17H20N2O2. The quantitative estimate of drug-likeness (QED) is 0.937. The zero-order valence-corrected chi connectivity index (χ0v) is 12.4. The number of hydrogen-bond donors (Lipinski definition) is 1. The van der Waals surface area contributed by atoms with E-state index in [1.807, 2.05) is 24.4 Å². The van der Waals surface area contributed by atoms with E-state index in [0.717, 1.165) is 30.2 Å². The Hall–Kier alpha value is -2.07. The van der Waals surface area contributed by atoms with Gasteiger partial charge in [-0.25, -0.2) is 0 Å². The molecule has 0 fully saturated rings. The fraction of sp³-hybridized carbons (Fsp3) is 0.353. The molecule has 1 aliphatic rings. The molecule has 110 valence electrons. The summed E-state index contributed by atoms with van der Waals surface area (Å²) in [5.41, 5.74) is 3.49. The van der Waals surface area contributed by atoms with E-state index < -0.39 is 0 Å². The van der Waals surface area contributed by atoms with Gasteiger partial charge < -0.3 is 14.8 Å². The highest BCUT2D eigenvalue weighted by molar-refractivity contribution is 5.48. The monoisotopic (exact) mass is 284 g/mol. The number of methoxy groups -OCH3 is 1. The highest BCUT2D eigenvalue weighted by Gasteiger charge is 2.22. The van der Waals surface area contributed by atoms with Crippen LogP contribution in [0, 0.1) is 6.92 Å². The number of benzene rings is 1. The summed E-state index contributed by atoms with van der Waals surface area (Å²) >= 11 is 0. The maximum absolute atomic E-state index is 5.87. The first-order chi connectivity index (χ1) is 10.3. The highest BCUT2D eigenvalue weighted by atomic mass is 16.5. The van der Waals surface area contributed by atoms with Crippen LogP contribution in [0.4, 0.5) is 0 Å². The largest absolute Gasteiger partial charge is 0.493 e. The predicted molar refractivity (Wildman–Crippen MR) is 81.8 cm³/mol. The van der Waals surface area contributed by atoms with Gasteiger partial charge in [-0.3, -0.25) is 4.98 Å². The van der Waals surface area contributed by atoms with Crippen LogP contribution in [0.15, 0.2) is 36.5 Å². The molecule has 0 saturated heterocycles. The van der Waals surface area contributed by atoms with Gasteiger partial charge in [0.1, 0.15) is 6.61 Å². The first-order valence-electron chi connectivity index (χ1n) is 7.20. The second kappa shape index (κ2) is 6.14. The number of rotatable bonds is 4. The highest BCUT2D eigenvalue weighted by Crippen LogP contribution is 2.34. The fourth-order valence-corrected chi connectivity index (χ4v) is 2.63. The van der Waals surface area contributed by atoms with Crippen molar-refractivity contribution in [1.29, 1.82) is 0 Å². The van der Waals surface area contributed by atoms with Gasteiger partial charge in [-0.15, -0.1) is 0 Å². The lowest BCUT2D eigenvalue weighted by atomic mass is 10.0. The molecule has 2 aromatic rings. The van der Waals surface area contributed by atoms with Gasteiger partial charge in [0.05, 0.1) is 12.8 Å². The van der Waals surface area contributed by atoms with Gasteiger partial charge in [-0.1, -0.05) is 18.2 Å². The molecule has 4 nitrogen and oxygen atoms in total. The zero-order valence-electron chi connectivity index (χ0n) is 12.4. The summed E-state index contributed by atoms with van der Waals surface area (Å²) in [7, 11) is 1.67. The number of pyridine rings is 1. The van der Waals surface area contributed by atoms with Crippen LogP contribution in [0.25, 0.3) is 0 Å². The third-order valence-electron chi connectivity index (χ3n) is 3.85. The molecule has 21 heavy (non-hydrogen) atoms. The Labute approximate surface area is 125 Å². The van der Waals surface area contributed by atoms with Crippen molar-refractivity contribution in [2.75, 3.05) is 13.7 Å². The van der Waals surface area contributed by atoms with Gasteiger partial charge in [0.15, 0.2) is 11.5 Å². The van der Waals surface area contributed by atoms with Crippen LogP contribution in [0.1, 0.15) is 16.8 Å². The van der Waals surface area contributed by atoms with Gasteiger partial charge in [-0.05, 0) is 36.6 Å². The second-order valence-electron chi connectivity index (χ2n) is 5.31. The van der Waals surface area contributed by atoms with E-state index in [1.165, 1.54) is 11.1 Å². The average molecular weight is 284 g/mol. The van der Waals surface area contributed by atoms with Gasteiger partial charge in [-0.2, -0.15) is 0 Å². The summed E-state index contributed by atoms with van der Waals surface area (Å²) in [6.45, 7) is 3.50. The Bertz CT molecular complexity index is 628. The molecule has 0 spiro atoms. The first kappa shape index (κ1) is 13.9. The Morgan fingerprint density at radius 3 is 3.05 bits per heavy atom. The van der Waals surface area contributed by atoms with Gasteiger partial charge in [0.2, 0.25) is 0 Å². The van der Waals surface area contributed by atoms with Crippen molar-refractivity contribution in [2.24, 2.45) is 0 Å². The van der Waals surface area contributed by atoms with Crippen LogP contribution in [-0.4, -0.2) is 24.7 Å². The van der Waals surface area contributed by atoms with Gasteiger partial charge in [0.25, 0.3) is 0 Å². The van der Waals surface area contributed by atoms with E-state index in [4.69, 9.17) is 9.47 Å². The predicted octanol–water partition coefficient (Wildman–Crippen LogP) is 2.49. The van der Waals surface area contributed by atoms with E-state index in [-0.39, 0.29) is 0 Å². The topological polar surface area (TPSA) is 43.4 Å². The minimum Gasteiger partial charge on any atom is -0.493 e. The summed E-state index contributed by atoms with van der Waals surface area (Å²) in [6, 6.07) is 10.4. The van der Waals surface area contributed by atoms with Crippen LogP contribution in [-0.2, 0) is 13.0 Å². The number of aryl methyl sites for hydroxylation is 1. The Morgan fingerprint density at radius 2 is 2.24 bits per heavy atom. The average Bonchev–Trinajstić information content (AvgIpc) is 2.53. The Morgan fingerprint density at radius 1 is 1.33 bits per heavy atom. The van der Waals surface area contributed by atoms with E-state index in [2.05, 4.69) is 29.4 Å². The lowest BCUT2D eigenvalue weighted by Gasteiger charge is -2.27. The molecule has 1 aliphatic heterocycles. The maximum Gasteiger partial charge on any atom is 0.164 e. The summed E-state index contributed by atoms with van der Waals surface area (Å²) in [4.78, 5) is 4.41. The molecule has 0 radical (unpaired) electrons. The fourth-order valence-electron chi connectivity index (χ4n) is 2.63. The summed E-state index contributed by atoms with van der Waals surface area (Å²) in [6.07, 6.45) is 2.78. The van der Waals surface area contributed by atoms with Crippen LogP contribution in [0.3, 0.4) is 0 Å². The second-order valence-corrected chi connectivity index (χ2v) is 5.31. The first-order valence-corrected chi connectivity index (χ1v) is 7.20. The number of para-hydroxylation sites is 1. The molecule has 0 aliphatic carbocycles. The van der Waals surface area contributed by atoms with Crippen molar-refractivity contribution in [3.8, 4) is 11.5 Å². The van der Waals surface area contributed by atoms with E-state index in [0.29, 0.717) is 12.6 Å². The molecule has 0 bridgehead atoms. The molecule has 4 heteroatoms. The van der Waals surface area contributed by atoms with E-state index in [9.17, 15) is 0 Å². The number of ether oxygens (including phenoxy) is 2. The molecule has 1 aromatic carbocycles. The van der Waals surface area contributed by atoms with Crippen molar-refractivity contribution in [1.82, 2.24) is 10.3 Å². The van der Waals surface area contributed by atoms with E-state index >= 15 is 0 Å². The molecule has 0 amide bonds. The van der Waals surface area contributed by atoms with Crippen molar-refractivity contribution in [2.45, 2.75) is 25.9 Å². The molecule has 3 rings (SSSR count). The van der Waals surface area contributed by atoms with Crippen LogP contribution >= 0.6 is 0 Å². The number of nitrogens with zero attached hydrogens (tertiary/aromatic N) is 1. The van der Waals surface area contributed by atoms with Crippen molar-refractivity contribution >= 4 is 0 Å². The molecule has 2 heterocycles. The van der Waals surface area contributed by atoms with Crippen molar-refractivity contribution in [3.05, 3.63) is 53.3 Å². The molecule has 0 saturated carbocycles. The van der Waals surface area contributed by atoms with E-state index in [1.54, 1.807) is 7.11 Å². The lowest BCUT2D eigenvalue weighted by molar-refractivity contribution is 0.226. The number of aromatic nitrogens is 1. The molecule has 1 atom stereocenters. The normalized spacial score (nSPS) is 17.0. The Balaban J connectivity index is 1.66.